The molecule has 0 N–H and O–H groups in total. The Morgan fingerprint density at radius 3 is 1.69 bits per heavy atom. The minimum absolute atomic E-state index is 0.00167. The summed E-state index contributed by atoms with van der Waals surface area (Å²) in [6.07, 6.45) is 3.25. The Bertz CT molecular complexity index is 1480. The largest absolute Gasteiger partial charge is 0.466 e. The van der Waals surface area contributed by atoms with Gasteiger partial charge < -0.3 is 56.5 Å². The Balaban J connectivity index is 2.12. The van der Waals surface area contributed by atoms with Gasteiger partial charge in [-0.25, -0.2) is 9.59 Å². The molecule has 0 saturated heterocycles. The van der Waals surface area contributed by atoms with E-state index < -0.39 is 11.6 Å². The Morgan fingerprint density at radius 2 is 1.13 bits per heavy atom. The van der Waals surface area contributed by atoms with Gasteiger partial charge in [0.05, 0.1) is 12.7 Å². The fourth-order valence-electron chi connectivity index (χ4n) is 3.85. The van der Waals surface area contributed by atoms with Crippen LogP contribution in [0.25, 0.3) is 23.3 Å². The Morgan fingerprint density at radius 1 is 0.622 bits per heavy atom. The summed E-state index contributed by atoms with van der Waals surface area (Å²) in [7, 11) is 8.51. The second kappa shape index (κ2) is 18.3. The summed E-state index contributed by atoms with van der Waals surface area (Å²) in [6, 6.07) is 9.46. The van der Waals surface area contributed by atoms with Gasteiger partial charge in [-0.15, -0.1) is 0 Å². The van der Waals surface area contributed by atoms with Crippen LogP contribution >= 0.6 is 0 Å². The number of benzene rings is 2. The first-order valence-electron chi connectivity index (χ1n) is 13.3. The van der Waals surface area contributed by atoms with Gasteiger partial charge in [0.1, 0.15) is 17.1 Å². The molecule has 0 bridgehead atoms. The highest BCUT2D eigenvalue weighted by molar-refractivity contribution is 5.99. The molecule has 3 rings (SSSR count). The van der Waals surface area contributed by atoms with Gasteiger partial charge in [-0.05, 0) is 35.9 Å². The summed E-state index contributed by atoms with van der Waals surface area (Å²) < 4.78 is 63.8. The van der Waals surface area contributed by atoms with Crippen molar-refractivity contribution < 1.29 is 61.3 Å². The first-order valence-corrected chi connectivity index (χ1v) is 13.3. The fraction of sp³-hybridized carbons (Fsp3) is 0.355. The Kier molecular flexibility index (Phi) is 14.2. The molecule has 0 amide bonds. The smallest absolute Gasteiger partial charge is 0.347 e. The van der Waals surface area contributed by atoms with Crippen LogP contribution in [0.2, 0.25) is 0 Å². The molecule has 0 atom stereocenters. The molecule has 1 heterocycles. The van der Waals surface area contributed by atoms with Gasteiger partial charge in [0, 0.05) is 47.2 Å². The SMILES string of the molecule is COCOc1ccc(/C=C/c2cc(OCOC)c(-c3cc(OCOC)c(OCOC)cc3C(=O)OC)c(=O)o2)cc1OCOC. The molecular weight excluding hydrogens is 596 g/mol. The van der Waals surface area contributed by atoms with Gasteiger partial charge >= 0.3 is 11.6 Å². The second-order valence-corrected chi connectivity index (χ2v) is 8.81. The molecule has 3 aromatic rings. The molecular formula is C31H36O14. The molecule has 45 heavy (non-hydrogen) atoms. The van der Waals surface area contributed by atoms with Gasteiger partial charge in [0.15, 0.2) is 57.0 Å². The molecule has 0 radical (unpaired) electrons. The molecule has 0 aliphatic rings. The van der Waals surface area contributed by atoms with E-state index in [4.69, 9.17) is 56.5 Å². The van der Waals surface area contributed by atoms with E-state index in [-0.39, 0.29) is 73.7 Å². The van der Waals surface area contributed by atoms with Gasteiger partial charge in [-0.3, -0.25) is 0 Å². The van der Waals surface area contributed by atoms with Gasteiger partial charge in [0.25, 0.3) is 0 Å². The van der Waals surface area contributed by atoms with Crippen molar-refractivity contribution in [2.75, 3.05) is 76.6 Å². The normalized spacial score (nSPS) is 11.0. The fourth-order valence-corrected chi connectivity index (χ4v) is 3.85. The summed E-state index contributed by atoms with van der Waals surface area (Å²) in [5.41, 5.74) is -0.133. The molecule has 2 aromatic carbocycles. The summed E-state index contributed by atoms with van der Waals surface area (Å²) in [5, 5.41) is 0. The van der Waals surface area contributed by atoms with Crippen LogP contribution in [0.15, 0.2) is 45.6 Å². The number of carbonyl (C=O) groups excluding carboxylic acids is 1. The first kappa shape index (κ1) is 34.9. The predicted octanol–water partition coefficient (Wildman–Crippen LogP) is 4.18. The maximum atomic E-state index is 13.5. The summed E-state index contributed by atoms with van der Waals surface area (Å²) in [6.45, 7) is -0.474. The third-order valence-electron chi connectivity index (χ3n) is 5.76. The summed E-state index contributed by atoms with van der Waals surface area (Å²) in [5.74, 6) is 0.618. The van der Waals surface area contributed by atoms with E-state index in [1.165, 1.54) is 60.9 Å². The third-order valence-corrected chi connectivity index (χ3v) is 5.76. The van der Waals surface area contributed by atoms with Crippen LogP contribution in [0.5, 0.6) is 28.7 Å². The maximum Gasteiger partial charge on any atom is 0.347 e. The lowest BCUT2D eigenvalue weighted by molar-refractivity contribution is 0.0321. The quantitative estimate of drug-likeness (QED) is 0.137. The van der Waals surface area contributed by atoms with Crippen molar-refractivity contribution in [1.29, 1.82) is 0 Å². The van der Waals surface area contributed by atoms with Crippen molar-refractivity contribution in [2.45, 2.75) is 0 Å². The molecule has 0 unspecified atom stereocenters. The Hall–Kier alpha value is -4.60. The van der Waals surface area contributed by atoms with E-state index in [9.17, 15) is 9.59 Å². The highest BCUT2D eigenvalue weighted by atomic mass is 16.7. The lowest BCUT2D eigenvalue weighted by atomic mass is 9.99. The predicted molar refractivity (Wildman–Crippen MR) is 160 cm³/mol. The summed E-state index contributed by atoms with van der Waals surface area (Å²) >= 11 is 0. The van der Waals surface area contributed by atoms with E-state index in [1.54, 1.807) is 30.4 Å². The zero-order chi connectivity index (χ0) is 32.6. The molecule has 1 aromatic heterocycles. The molecule has 0 spiro atoms. The standard InChI is InChI=1S/C31H36O14/c1-34-15-40-24-10-8-20(11-25(24)41-16-35-2)7-9-21-12-28(44-19-38-5)29(31(33)45-21)22-13-26(42-17-36-3)27(43-18-37-4)14-23(22)30(32)39-6/h7-14H,15-19H2,1-6H3/b9-7+. The molecule has 14 heteroatoms. The molecule has 0 fully saturated rings. The van der Waals surface area contributed by atoms with Crippen molar-refractivity contribution in [3.8, 4) is 39.9 Å². The number of esters is 1. The highest BCUT2D eigenvalue weighted by Gasteiger charge is 2.25. The summed E-state index contributed by atoms with van der Waals surface area (Å²) in [4.78, 5) is 26.4. The van der Waals surface area contributed by atoms with Crippen LogP contribution in [0, 0.1) is 0 Å². The van der Waals surface area contributed by atoms with E-state index >= 15 is 0 Å². The molecule has 0 saturated carbocycles. The van der Waals surface area contributed by atoms with Crippen molar-refractivity contribution in [3.63, 3.8) is 0 Å². The van der Waals surface area contributed by atoms with Crippen LogP contribution < -0.4 is 29.3 Å². The number of rotatable bonds is 19. The van der Waals surface area contributed by atoms with E-state index in [2.05, 4.69) is 0 Å². The van der Waals surface area contributed by atoms with E-state index in [1.807, 2.05) is 0 Å². The van der Waals surface area contributed by atoms with Crippen molar-refractivity contribution in [2.24, 2.45) is 0 Å². The first-order chi connectivity index (χ1) is 21.9. The third kappa shape index (κ3) is 9.69. The monoisotopic (exact) mass is 632 g/mol. The number of methoxy groups -OCH3 is 6. The van der Waals surface area contributed by atoms with Gasteiger partial charge in [-0.2, -0.15) is 0 Å². The lowest BCUT2D eigenvalue weighted by Crippen LogP contribution is -2.14. The van der Waals surface area contributed by atoms with Crippen LogP contribution in [-0.2, 0) is 28.4 Å². The Labute approximate surface area is 259 Å². The molecule has 14 nitrogen and oxygen atoms in total. The van der Waals surface area contributed by atoms with Crippen molar-refractivity contribution in [1.82, 2.24) is 0 Å². The van der Waals surface area contributed by atoms with Crippen LogP contribution in [0.1, 0.15) is 21.7 Å². The topological polar surface area (TPSA) is 149 Å². The average molecular weight is 633 g/mol. The number of hydrogen-bond acceptors (Lipinski definition) is 14. The number of hydrogen-bond donors (Lipinski definition) is 0. The molecule has 0 aliphatic carbocycles. The zero-order valence-electron chi connectivity index (χ0n) is 25.9. The molecule has 0 aliphatic heterocycles. The van der Waals surface area contributed by atoms with E-state index in [0.717, 1.165) is 0 Å². The second-order valence-electron chi connectivity index (χ2n) is 8.81. The van der Waals surface area contributed by atoms with Gasteiger partial charge in [-0.1, -0.05) is 12.1 Å². The zero-order valence-corrected chi connectivity index (χ0v) is 25.9. The minimum atomic E-state index is -0.816. The van der Waals surface area contributed by atoms with Gasteiger partial charge in [0.2, 0.25) is 0 Å². The average Bonchev–Trinajstić information content (AvgIpc) is 3.05. The minimum Gasteiger partial charge on any atom is -0.466 e. The highest BCUT2D eigenvalue weighted by Crippen LogP contribution is 2.39. The van der Waals surface area contributed by atoms with Crippen LogP contribution in [0.3, 0.4) is 0 Å². The molecule has 244 valence electrons. The number of carbonyl (C=O) groups is 1. The van der Waals surface area contributed by atoms with Crippen LogP contribution in [0.4, 0.5) is 0 Å². The maximum absolute atomic E-state index is 13.5. The van der Waals surface area contributed by atoms with Crippen LogP contribution in [-0.4, -0.2) is 82.6 Å². The van der Waals surface area contributed by atoms with Crippen molar-refractivity contribution >= 4 is 18.1 Å². The van der Waals surface area contributed by atoms with Crippen molar-refractivity contribution in [3.05, 3.63) is 63.7 Å². The number of ether oxygens (including phenoxy) is 11. The lowest BCUT2D eigenvalue weighted by Gasteiger charge is -2.17. The van der Waals surface area contributed by atoms with E-state index in [0.29, 0.717) is 17.1 Å².